The van der Waals surface area contributed by atoms with Crippen LogP contribution in [0.15, 0.2) is 59.6 Å². The second kappa shape index (κ2) is 4.42. The number of amides is 1. The van der Waals surface area contributed by atoms with Crippen molar-refractivity contribution in [3.63, 3.8) is 0 Å². The second-order valence-corrected chi connectivity index (χ2v) is 5.92. The van der Waals surface area contributed by atoms with Gasteiger partial charge in [-0.1, -0.05) is 30.3 Å². The van der Waals surface area contributed by atoms with Gasteiger partial charge in [-0.25, -0.2) is 0 Å². The molecular formula is C16H12N2OS. The number of fused-ring (bicyclic) bond motifs is 2. The fourth-order valence-electron chi connectivity index (χ4n) is 2.57. The minimum absolute atomic E-state index is 0.0402. The Bertz CT molecular complexity index is 809. The summed E-state index contributed by atoms with van der Waals surface area (Å²) in [7, 11) is 0. The van der Waals surface area contributed by atoms with E-state index in [1.807, 2.05) is 48.7 Å². The Labute approximate surface area is 120 Å². The Kier molecular flexibility index (Phi) is 2.57. The summed E-state index contributed by atoms with van der Waals surface area (Å²) < 4.78 is 0. The number of anilines is 1. The van der Waals surface area contributed by atoms with Crippen molar-refractivity contribution in [2.75, 3.05) is 5.32 Å². The molecular weight excluding hydrogens is 268 g/mol. The second-order valence-electron chi connectivity index (χ2n) is 4.77. The molecule has 3 nitrogen and oxygen atoms in total. The smallest absolute Gasteiger partial charge is 0.242 e. The molecule has 4 rings (SSSR count). The third-order valence-electron chi connectivity index (χ3n) is 3.53. The maximum Gasteiger partial charge on any atom is 0.242 e. The van der Waals surface area contributed by atoms with Gasteiger partial charge in [-0.05, 0) is 18.2 Å². The van der Waals surface area contributed by atoms with Crippen LogP contribution in [0.1, 0.15) is 10.8 Å². The number of benzene rings is 2. The quantitative estimate of drug-likeness (QED) is 0.709. The summed E-state index contributed by atoms with van der Waals surface area (Å²) in [5.74, 6) is 0.0402. The first-order valence-corrected chi connectivity index (χ1v) is 7.33. The predicted octanol–water partition coefficient (Wildman–Crippen LogP) is 3.95. The fraction of sp³-hybridized carbons (Fsp3) is 0.0625. The van der Waals surface area contributed by atoms with E-state index in [1.165, 1.54) is 0 Å². The molecule has 0 bridgehead atoms. The van der Waals surface area contributed by atoms with Crippen molar-refractivity contribution in [3.05, 3.63) is 60.3 Å². The molecule has 4 heteroatoms. The number of carbonyl (C=O) groups excluding carboxylic acids is 1. The molecule has 1 aliphatic rings. The summed E-state index contributed by atoms with van der Waals surface area (Å²) >= 11 is 1.61. The maximum atomic E-state index is 12.4. The standard InChI is InChI=1S/C16H12N2OS/c19-16-15(20-14-8-4-3-7-13(14)18-16)11-9-17-12-6-2-1-5-10(11)12/h1-9,15,17H,(H,18,19)/t15-/m1/s1. The van der Waals surface area contributed by atoms with E-state index < -0.39 is 0 Å². The number of carbonyl (C=O) groups is 1. The van der Waals surface area contributed by atoms with E-state index in [0.717, 1.165) is 27.0 Å². The van der Waals surface area contributed by atoms with Gasteiger partial charge >= 0.3 is 0 Å². The normalized spacial score (nSPS) is 17.8. The first-order valence-electron chi connectivity index (χ1n) is 6.45. The number of hydrogen-bond acceptors (Lipinski definition) is 2. The van der Waals surface area contributed by atoms with E-state index in [1.54, 1.807) is 11.8 Å². The lowest BCUT2D eigenvalue weighted by atomic mass is 10.1. The molecule has 3 aromatic rings. The maximum absolute atomic E-state index is 12.4. The average molecular weight is 280 g/mol. The molecule has 20 heavy (non-hydrogen) atoms. The lowest BCUT2D eigenvalue weighted by Crippen LogP contribution is -2.22. The van der Waals surface area contributed by atoms with Gasteiger partial charge in [0.2, 0.25) is 5.91 Å². The number of para-hydroxylation sites is 2. The number of H-pyrrole nitrogens is 1. The van der Waals surface area contributed by atoms with Crippen molar-refractivity contribution < 1.29 is 4.79 Å². The molecule has 1 atom stereocenters. The predicted molar refractivity (Wildman–Crippen MR) is 82.0 cm³/mol. The summed E-state index contributed by atoms with van der Waals surface area (Å²) in [6, 6.07) is 16.0. The van der Waals surface area contributed by atoms with Crippen LogP contribution in [0.4, 0.5) is 5.69 Å². The number of hydrogen-bond donors (Lipinski definition) is 2. The van der Waals surface area contributed by atoms with Gasteiger partial charge in [-0.15, -0.1) is 11.8 Å². The number of rotatable bonds is 1. The molecule has 0 saturated heterocycles. The zero-order valence-corrected chi connectivity index (χ0v) is 11.4. The van der Waals surface area contributed by atoms with Gasteiger partial charge in [0.05, 0.1) is 5.69 Å². The van der Waals surface area contributed by atoms with Crippen LogP contribution in [0.2, 0.25) is 0 Å². The van der Waals surface area contributed by atoms with Crippen LogP contribution in [0.5, 0.6) is 0 Å². The average Bonchev–Trinajstić information content (AvgIpc) is 2.90. The van der Waals surface area contributed by atoms with Gasteiger partial charge in [0.15, 0.2) is 0 Å². The van der Waals surface area contributed by atoms with E-state index in [-0.39, 0.29) is 11.2 Å². The Morgan fingerprint density at radius 1 is 1.00 bits per heavy atom. The number of aromatic amines is 1. The molecule has 0 fully saturated rings. The van der Waals surface area contributed by atoms with Crippen LogP contribution in [0, 0.1) is 0 Å². The highest BCUT2D eigenvalue weighted by molar-refractivity contribution is 8.00. The Morgan fingerprint density at radius 3 is 2.75 bits per heavy atom. The van der Waals surface area contributed by atoms with Gasteiger partial charge in [0.25, 0.3) is 0 Å². The molecule has 0 saturated carbocycles. The lowest BCUT2D eigenvalue weighted by molar-refractivity contribution is -0.115. The van der Waals surface area contributed by atoms with Gasteiger partial charge < -0.3 is 10.3 Å². The first kappa shape index (κ1) is 11.6. The highest BCUT2D eigenvalue weighted by Crippen LogP contribution is 2.45. The van der Waals surface area contributed by atoms with E-state index in [4.69, 9.17) is 0 Å². The molecule has 2 heterocycles. The third-order valence-corrected chi connectivity index (χ3v) is 4.85. The van der Waals surface area contributed by atoms with E-state index in [2.05, 4.69) is 16.4 Å². The SMILES string of the molecule is O=C1Nc2ccccc2S[C@@H]1c1c[nH]c2ccccc12. The lowest BCUT2D eigenvalue weighted by Gasteiger charge is -2.23. The summed E-state index contributed by atoms with van der Waals surface area (Å²) in [5, 5.41) is 3.89. The van der Waals surface area contributed by atoms with E-state index in [0.29, 0.717) is 0 Å². The summed E-state index contributed by atoms with van der Waals surface area (Å²) in [6.07, 6.45) is 1.94. The van der Waals surface area contributed by atoms with Crippen LogP contribution in [0.25, 0.3) is 10.9 Å². The highest BCUT2D eigenvalue weighted by Gasteiger charge is 2.29. The topological polar surface area (TPSA) is 44.9 Å². The van der Waals surface area contributed by atoms with Crippen LogP contribution in [0.3, 0.4) is 0 Å². The molecule has 2 aromatic carbocycles. The van der Waals surface area contributed by atoms with Crippen molar-refractivity contribution in [2.24, 2.45) is 0 Å². The third kappa shape index (κ3) is 1.72. The van der Waals surface area contributed by atoms with Crippen LogP contribution in [-0.4, -0.2) is 10.9 Å². The van der Waals surface area contributed by atoms with Crippen molar-refractivity contribution in [3.8, 4) is 0 Å². The summed E-state index contributed by atoms with van der Waals surface area (Å²) in [4.78, 5) is 16.7. The van der Waals surface area contributed by atoms with Crippen molar-refractivity contribution >= 4 is 34.3 Å². The molecule has 1 aliphatic heterocycles. The monoisotopic (exact) mass is 280 g/mol. The molecule has 98 valence electrons. The van der Waals surface area contributed by atoms with Crippen molar-refractivity contribution in [1.29, 1.82) is 0 Å². The number of nitrogens with one attached hydrogen (secondary N) is 2. The summed E-state index contributed by atoms with van der Waals surface area (Å²) in [5.41, 5.74) is 3.01. The molecule has 2 N–H and O–H groups in total. The van der Waals surface area contributed by atoms with Gasteiger partial charge in [0.1, 0.15) is 5.25 Å². The largest absolute Gasteiger partial charge is 0.361 e. The highest BCUT2D eigenvalue weighted by atomic mass is 32.2. The van der Waals surface area contributed by atoms with Crippen molar-refractivity contribution in [1.82, 2.24) is 4.98 Å². The van der Waals surface area contributed by atoms with Gasteiger partial charge in [-0.2, -0.15) is 0 Å². The van der Waals surface area contributed by atoms with E-state index >= 15 is 0 Å². The minimum Gasteiger partial charge on any atom is -0.361 e. The number of aromatic nitrogens is 1. The van der Waals surface area contributed by atoms with Gasteiger partial charge in [0, 0.05) is 27.6 Å². The van der Waals surface area contributed by atoms with Crippen LogP contribution >= 0.6 is 11.8 Å². The Morgan fingerprint density at radius 2 is 1.80 bits per heavy atom. The molecule has 1 aromatic heterocycles. The summed E-state index contributed by atoms with van der Waals surface area (Å²) in [6.45, 7) is 0. The van der Waals surface area contributed by atoms with E-state index in [9.17, 15) is 4.79 Å². The molecule has 0 radical (unpaired) electrons. The fourth-order valence-corrected chi connectivity index (χ4v) is 3.71. The Balaban J connectivity index is 1.81. The first-order chi connectivity index (χ1) is 9.83. The minimum atomic E-state index is -0.207. The number of thioether (sulfide) groups is 1. The Hall–Kier alpha value is -2.20. The zero-order chi connectivity index (χ0) is 13.5. The van der Waals surface area contributed by atoms with Crippen molar-refractivity contribution in [2.45, 2.75) is 10.1 Å². The van der Waals surface area contributed by atoms with Crippen LogP contribution in [-0.2, 0) is 4.79 Å². The van der Waals surface area contributed by atoms with Gasteiger partial charge in [-0.3, -0.25) is 4.79 Å². The molecule has 1 amide bonds. The molecule has 0 unspecified atom stereocenters. The zero-order valence-electron chi connectivity index (χ0n) is 10.6. The molecule has 0 aliphatic carbocycles. The van der Waals surface area contributed by atoms with Crippen LogP contribution < -0.4 is 5.32 Å². The molecule has 0 spiro atoms.